The fourth-order valence-corrected chi connectivity index (χ4v) is 3.27. The molecule has 1 atom stereocenters. The Hall–Kier alpha value is -3.28. The van der Waals surface area contributed by atoms with Crippen molar-refractivity contribution >= 4 is 17.5 Å². The van der Waals surface area contributed by atoms with Crippen LogP contribution in [-0.4, -0.2) is 37.0 Å². The highest BCUT2D eigenvalue weighted by Gasteiger charge is 2.36. The standard InChI is InChI=1S/C22H24N2O4/c1-14(2)20-21(25)23-17(16-10-11-18(27-3)19(12-16)28-4)13-24(20)22(26)15-8-6-5-7-9-15/h5-14,20H,1-4H3,(H,23,25). The molecular formula is C22H24N2O4. The third kappa shape index (κ3) is 3.71. The average molecular weight is 380 g/mol. The molecule has 6 nitrogen and oxygen atoms in total. The highest BCUT2D eigenvalue weighted by molar-refractivity contribution is 6.02. The van der Waals surface area contributed by atoms with Gasteiger partial charge in [0.05, 0.1) is 19.9 Å². The number of nitrogens with one attached hydrogen (secondary N) is 1. The van der Waals surface area contributed by atoms with E-state index in [1.807, 2.05) is 26.0 Å². The molecule has 0 spiro atoms. The first-order valence-electron chi connectivity index (χ1n) is 9.09. The lowest BCUT2D eigenvalue weighted by atomic mass is 9.97. The molecule has 0 radical (unpaired) electrons. The van der Waals surface area contributed by atoms with Crippen LogP contribution in [0, 0.1) is 5.92 Å². The highest BCUT2D eigenvalue weighted by Crippen LogP contribution is 2.31. The first kappa shape index (κ1) is 19.5. The van der Waals surface area contributed by atoms with Gasteiger partial charge in [0, 0.05) is 17.3 Å². The van der Waals surface area contributed by atoms with E-state index < -0.39 is 6.04 Å². The molecule has 0 saturated carbocycles. The van der Waals surface area contributed by atoms with Crippen LogP contribution in [0.3, 0.4) is 0 Å². The van der Waals surface area contributed by atoms with Crippen molar-refractivity contribution in [3.63, 3.8) is 0 Å². The molecule has 0 bridgehead atoms. The minimum absolute atomic E-state index is 0.0455. The van der Waals surface area contributed by atoms with E-state index in [0.29, 0.717) is 22.8 Å². The molecule has 28 heavy (non-hydrogen) atoms. The molecule has 0 fully saturated rings. The second kappa shape index (κ2) is 8.17. The molecule has 0 aromatic heterocycles. The van der Waals surface area contributed by atoms with Gasteiger partial charge in [-0.05, 0) is 36.2 Å². The van der Waals surface area contributed by atoms with Crippen LogP contribution in [0.1, 0.15) is 29.8 Å². The van der Waals surface area contributed by atoms with E-state index in [1.54, 1.807) is 56.8 Å². The Balaban J connectivity index is 2.05. The van der Waals surface area contributed by atoms with Gasteiger partial charge in [0.1, 0.15) is 6.04 Å². The molecular weight excluding hydrogens is 356 g/mol. The average Bonchev–Trinajstić information content (AvgIpc) is 2.72. The van der Waals surface area contributed by atoms with Gasteiger partial charge in [0.15, 0.2) is 11.5 Å². The van der Waals surface area contributed by atoms with Gasteiger partial charge in [0.25, 0.3) is 5.91 Å². The van der Waals surface area contributed by atoms with E-state index in [0.717, 1.165) is 5.56 Å². The molecule has 3 rings (SSSR count). The van der Waals surface area contributed by atoms with Crippen LogP contribution in [-0.2, 0) is 4.79 Å². The lowest BCUT2D eigenvalue weighted by molar-refractivity contribution is -0.125. The summed E-state index contributed by atoms with van der Waals surface area (Å²) in [7, 11) is 3.11. The van der Waals surface area contributed by atoms with Crippen molar-refractivity contribution in [1.29, 1.82) is 0 Å². The molecule has 146 valence electrons. The van der Waals surface area contributed by atoms with E-state index in [9.17, 15) is 9.59 Å². The van der Waals surface area contributed by atoms with Gasteiger partial charge in [-0.2, -0.15) is 0 Å². The number of rotatable bonds is 5. The summed E-state index contributed by atoms with van der Waals surface area (Å²) in [5.74, 6) is 0.655. The predicted molar refractivity (Wildman–Crippen MR) is 107 cm³/mol. The van der Waals surface area contributed by atoms with Gasteiger partial charge in [-0.1, -0.05) is 32.0 Å². The summed E-state index contributed by atoms with van der Waals surface area (Å²) in [4.78, 5) is 27.5. The maximum atomic E-state index is 13.1. The summed E-state index contributed by atoms with van der Waals surface area (Å²) >= 11 is 0. The summed E-state index contributed by atoms with van der Waals surface area (Å²) in [6.45, 7) is 3.84. The Bertz CT molecular complexity index is 906. The van der Waals surface area contributed by atoms with Gasteiger partial charge in [-0.3, -0.25) is 9.59 Å². The Labute approximate surface area is 164 Å². The van der Waals surface area contributed by atoms with Gasteiger partial charge >= 0.3 is 0 Å². The zero-order chi connectivity index (χ0) is 20.3. The normalized spacial score (nSPS) is 16.5. The summed E-state index contributed by atoms with van der Waals surface area (Å²) < 4.78 is 10.6. The molecule has 1 heterocycles. The number of amides is 2. The second-order valence-corrected chi connectivity index (χ2v) is 6.87. The number of hydrogen-bond acceptors (Lipinski definition) is 4. The molecule has 1 unspecified atom stereocenters. The summed E-state index contributed by atoms with van der Waals surface area (Å²) in [5, 5.41) is 2.92. The van der Waals surface area contributed by atoms with E-state index in [2.05, 4.69) is 5.32 Å². The van der Waals surface area contributed by atoms with Gasteiger partial charge < -0.3 is 19.7 Å². The number of carbonyl (C=O) groups is 2. The zero-order valence-electron chi connectivity index (χ0n) is 16.4. The van der Waals surface area contributed by atoms with Crippen LogP contribution in [0.4, 0.5) is 0 Å². The summed E-state index contributed by atoms with van der Waals surface area (Å²) in [5.41, 5.74) is 1.79. The first-order valence-corrected chi connectivity index (χ1v) is 9.09. The van der Waals surface area contributed by atoms with Crippen LogP contribution in [0.5, 0.6) is 11.5 Å². The van der Waals surface area contributed by atoms with E-state index in [-0.39, 0.29) is 17.7 Å². The van der Waals surface area contributed by atoms with Gasteiger partial charge in [-0.25, -0.2) is 0 Å². The minimum Gasteiger partial charge on any atom is -0.493 e. The maximum Gasteiger partial charge on any atom is 0.258 e. The monoisotopic (exact) mass is 380 g/mol. The second-order valence-electron chi connectivity index (χ2n) is 6.87. The van der Waals surface area contributed by atoms with Gasteiger partial charge in [-0.15, -0.1) is 0 Å². The Morgan fingerprint density at radius 1 is 1.04 bits per heavy atom. The van der Waals surface area contributed by atoms with Crippen LogP contribution < -0.4 is 14.8 Å². The third-order valence-corrected chi connectivity index (χ3v) is 4.68. The van der Waals surface area contributed by atoms with Gasteiger partial charge in [0.2, 0.25) is 5.91 Å². The summed E-state index contributed by atoms with van der Waals surface area (Å²) in [6, 6.07) is 13.7. The number of nitrogens with zero attached hydrogens (tertiary/aromatic N) is 1. The topological polar surface area (TPSA) is 67.9 Å². The van der Waals surface area contributed by atoms with E-state index in [4.69, 9.17) is 9.47 Å². The fourth-order valence-electron chi connectivity index (χ4n) is 3.27. The number of hydrogen-bond donors (Lipinski definition) is 1. The molecule has 2 amide bonds. The Morgan fingerprint density at radius 2 is 1.71 bits per heavy atom. The molecule has 2 aromatic carbocycles. The van der Waals surface area contributed by atoms with E-state index in [1.165, 1.54) is 4.90 Å². The Kier molecular flexibility index (Phi) is 5.68. The highest BCUT2D eigenvalue weighted by atomic mass is 16.5. The van der Waals surface area contributed by atoms with Crippen molar-refractivity contribution in [2.45, 2.75) is 19.9 Å². The number of ether oxygens (including phenoxy) is 2. The van der Waals surface area contributed by atoms with Crippen molar-refractivity contribution in [3.05, 3.63) is 65.9 Å². The lowest BCUT2D eigenvalue weighted by Gasteiger charge is -2.35. The minimum atomic E-state index is -0.586. The number of benzene rings is 2. The number of carbonyl (C=O) groups excluding carboxylic acids is 2. The molecule has 0 saturated heterocycles. The van der Waals surface area contributed by atoms with Crippen molar-refractivity contribution in [2.75, 3.05) is 14.2 Å². The molecule has 0 aliphatic carbocycles. The molecule has 2 aromatic rings. The molecule has 6 heteroatoms. The maximum absolute atomic E-state index is 13.1. The molecule has 1 aliphatic rings. The van der Waals surface area contributed by atoms with Crippen LogP contribution >= 0.6 is 0 Å². The van der Waals surface area contributed by atoms with Crippen LogP contribution in [0.25, 0.3) is 5.70 Å². The Morgan fingerprint density at radius 3 is 2.32 bits per heavy atom. The SMILES string of the molecule is COc1ccc(C2=CN(C(=O)c3ccccc3)C(C(C)C)C(=O)N2)cc1OC. The van der Waals surface area contributed by atoms with Crippen molar-refractivity contribution in [3.8, 4) is 11.5 Å². The van der Waals surface area contributed by atoms with Crippen molar-refractivity contribution < 1.29 is 19.1 Å². The van der Waals surface area contributed by atoms with Crippen LogP contribution in [0.15, 0.2) is 54.7 Å². The quantitative estimate of drug-likeness (QED) is 0.864. The third-order valence-electron chi connectivity index (χ3n) is 4.68. The largest absolute Gasteiger partial charge is 0.493 e. The smallest absolute Gasteiger partial charge is 0.258 e. The lowest BCUT2D eigenvalue weighted by Crippen LogP contribution is -2.53. The van der Waals surface area contributed by atoms with Crippen molar-refractivity contribution in [2.24, 2.45) is 5.92 Å². The van der Waals surface area contributed by atoms with Crippen LogP contribution in [0.2, 0.25) is 0 Å². The summed E-state index contributed by atoms with van der Waals surface area (Å²) in [6.07, 6.45) is 1.70. The molecule has 1 N–H and O–H groups in total. The van der Waals surface area contributed by atoms with Crippen molar-refractivity contribution in [1.82, 2.24) is 10.2 Å². The predicted octanol–water partition coefficient (Wildman–Crippen LogP) is 3.30. The first-order chi connectivity index (χ1) is 13.5. The molecule has 1 aliphatic heterocycles. The fraction of sp³-hybridized carbons (Fsp3) is 0.273. The van der Waals surface area contributed by atoms with E-state index >= 15 is 0 Å². The number of methoxy groups -OCH3 is 2. The zero-order valence-corrected chi connectivity index (χ0v) is 16.4.